The van der Waals surface area contributed by atoms with Crippen LogP contribution < -0.4 is 15.6 Å². The highest BCUT2D eigenvalue weighted by Gasteiger charge is 2.31. The number of aromatic carboxylic acids is 1. The smallest absolute Gasteiger partial charge is 0.416 e. The van der Waals surface area contributed by atoms with Gasteiger partial charge in [0, 0.05) is 12.5 Å². The minimum Gasteiger partial charge on any atom is -0.489 e. The number of nitrogens with one attached hydrogen (secondary N) is 1. The molecule has 3 aromatic rings. The number of carboxylic acids is 1. The number of hydrogen-bond donors (Lipinski definition) is 2. The lowest BCUT2D eigenvalue weighted by molar-refractivity contribution is -0.137. The summed E-state index contributed by atoms with van der Waals surface area (Å²) in [6, 6.07) is 8.39. The van der Waals surface area contributed by atoms with E-state index in [1.54, 1.807) is 0 Å². The number of carbonyl (C=O) groups excluding carboxylic acids is 1. The molecule has 0 fully saturated rings. The van der Waals surface area contributed by atoms with Gasteiger partial charge in [-0.2, -0.15) is 18.3 Å². The molecule has 0 bridgehead atoms. The third-order valence-electron chi connectivity index (χ3n) is 4.49. The summed E-state index contributed by atoms with van der Waals surface area (Å²) in [6.45, 7) is -0.571. The number of ether oxygens (including phenoxy) is 2. The molecule has 2 N–H and O–H groups in total. The predicted molar refractivity (Wildman–Crippen MR) is 110 cm³/mol. The molecule has 0 atom stereocenters. The molecule has 3 rings (SSSR count). The van der Waals surface area contributed by atoms with Gasteiger partial charge in [0.2, 0.25) is 5.91 Å². The number of amides is 1. The Balaban J connectivity index is 1.93. The van der Waals surface area contributed by atoms with Gasteiger partial charge in [-0.3, -0.25) is 9.59 Å². The molecular weight excluding hydrogens is 447 g/mol. The molecular formula is C21H18F3N3O6. The Labute approximate surface area is 184 Å². The Bertz CT molecular complexity index is 1260. The standard InChI is InChI=1S/C21H18F3N3O6/c1-32-8-9-33-16-7-6-12(21(22,23)24)10-15(16)25-17(28)11-27-19(29)14-5-3-2-4-13(14)18(26-27)20(30)31/h2-7,10H,8-9,11H2,1H3,(H,25,28)(H,30,31). The lowest BCUT2D eigenvalue weighted by Gasteiger charge is -2.15. The molecule has 1 aromatic heterocycles. The fourth-order valence-corrected chi connectivity index (χ4v) is 2.99. The predicted octanol–water partition coefficient (Wildman–Crippen LogP) is 2.78. The Morgan fingerprint density at radius 3 is 2.45 bits per heavy atom. The zero-order valence-electron chi connectivity index (χ0n) is 17.2. The van der Waals surface area contributed by atoms with Crippen LogP contribution in [0.25, 0.3) is 10.8 Å². The number of rotatable bonds is 8. The Kier molecular flexibility index (Phi) is 6.97. The second-order valence-electron chi connectivity index (χ2n) is 6.76. The fourth-order valence-electron chi connectivity index (χ4n) is 2.99. The van der Waals surface area contributed by atoms with Crippen molar-refractivity contribution in [3.63, 3.8) is 0 Å². The summed E-state index contributed by atoms with van der Waals surface area (Å²) in [6.07, 6.45) is -4.67. The Morgan fingerprint density at radius 1 is 1.12 bits per heavy atom. The lowest BCUT2D eigenvalue weighted by Crippen LogP contribution is -2.31. The van der Waals surface area contributed by atoms with Gasteiger partial charge < -0.3 is 19.9 Å². The Morgan fingerprint density at radius 2 is 1.82 bits per heavy atom. The summed E-state index contributed by atoms with van der Waals surface area (Å²) in [7, 11) is 1.42. The molecule has 0 unspecified atom stereocenters. The lowest BCUT2D eigenvalue weighted by atomic mass is 10.1. The molecule has 0 aliphatic carbocycles. The molecule has 0 aliphatic rings. The van der Waals surface area contributed by atoms with E-state index >= 15 is 0 Å². The van der Waals surface area contributed by atoms with E-state index in [0.29, 0.717) is 10.7 Å². The SMILES string of the molecule is COCCOc1ccc(C(F)(F)F)cc1NC(=O)Cn1nc(C(=O)O)c2ccccc2c1=O. The van der Waals surface area contributed by atoms with Gasteiger partial charge in [0.1, 0.15) is 18.9 Å². The minimum absolute atomic E-state index is 0.0123. The molecule has 2 aromatic carbocycles. The van der Waals surface area contributed by atoms with Crippen molar-refractivity contribution in [2.45, 2.75) is 12.7 Å². The van der Waals surface area contributed by atoms with Crippen molar-refractivity contribution in [2.75, 3.05) is 25.6 Å². The molecule has 0 aliphatic heterocycles. The van der Waals surface area contributed by atoms with Crippen molar-refractivity contribution in [3.8, 4) is 5.75 Å². The van der Waals surface area contributed by atoms with Crippen molar-refractivity contribution in [1.29, 1.82) is 0 Å². The second kappa shape index (κ2) is 9.69. The average molecular weight is 465 g/mol. The van der Waals surface area contributed by atoms with Gasteiger partial charge in [-0.25, -0.2) is 9.48 Å². The number of carboxylic acid groups (broad SMARTS) is 1. The summed E-state index contributed by atoms with van der Waals surface area (Å²) in [5, 5.41) is 15.5. The normalized spacial score (nSPS) is 11.4. The molecule has 1 amide bonds. The van der Waals surface area contributed by atoms with Gasteiger partial charge in [-0.15, -0.1) is 0 Å². The molecule has 174 valence electrons. The monoisotopic (exact) mass is 465 g/mol. The molecule has 9 nitrogen and oxygen atoms in total. The highest BCUT2D eigenvalue weighted by atomic mass is 19.4. The first-order valence-electron chi connectivity index (χ1n) is 9.48. The minimum atomic E-state index is -4.67. The van der Waals surface area contributed by atoms with Crippen molar-refractivity contribution in [1.82, 2.24) is 9.78 Å². The first kappa shape index (κ1) is 23.7. The summed E-state index contributed by atoms with van der Waals surface area (Å²) in [5.41, 5.74) is -2.48. The zero-order valence-corrected chi connectivity index (χ0v) is 17.2. The van der Waals surface area contributed by atoms with Crippen molar-refractivity contribution < 1.29 is 37.3 Å². The topological polar surface area (TPSA) is 120 Å². The number of aromatic nitrogens is 2. The van der Waals surface area contributed by atoms with E-state index in [-0.39, 0.29) is 35.4 Å². The number of methoxy groups -OCH3 is 1. The van der Waals surface area contributed by atoms with E-state index in [2.05, 4.69) is 10.4 Å². The fraction of sp³-hybridized carbons (Fsp3) is 0.238. The van der Waals surface area contributed by atoms with Crippen LogP contribution in [0.2, 0.25) is 0 Å². The Hall–Kier alpha value is -3.93. The van der Waals surface area contributed by atoms with Crippen molar-refractivity contribution >= 4 is 28.3 Å². The van der Waals surface area contributed by atoms with E-state index in [9.17, 15) is 32.7 Å². The highest BCUT2D eigenvalue weighted by molar-refractivity contribution is 6.01. The van der Waals surface area contributed by atoms with Crippen LogP contribution in [0.5, 0.6) is 5.75 Å². The number of halogens is 3. The van der Waals surface area contributed by atoms with Crippen LogP contribution in [-0.4, -0.2) is 47.1 Å². The van der Waals surface area contributed by atoms with Crippen LogP contribution >= 0.6 is 0 Å². The van der Waals surface area contributed by atoms with Crippen LogP contribution in [0.4, 0.5) is 18.9 Å². The maximum absolute atomic E-state index is 13.1. The van der Waals surface area contributed by atoms with E-state index in [1.165, 1.54) is 31.4 Å². The van der Waals surface area contributed by atoms with Gasteiger partial charge in [0.05, 0.1) is 23.2 Å². The summed E-state index contributed by atoms with van der Waals surface area (Å²) in [4.78, 5) is 36.8. The highest BCUT2D eigenvalue weighted by Crippen LogP contribution is 2.35. The third-order valence-corrected chi connectivity index (χ3v) is 4.49. The van der Waals surface area contributed by atoms with Crippen LogP contribution in [0.1, 0.15) is 16.1 Å². The van der Waals surface area contributed by atoms with E-state index in [1.807, 2.05) is 0 Å². The number of fused-ring (bicyclic) bond motifs is 1. The summed E-state index contributed by atoms with van der Waals surface area (Å²) >= 11 is 0. The van der Waals surface area contributed by atoms with Gasteiger partial charge in [-0.1, -0.05) is 18.2 Å². The largest absolute Gasteiger partial charge is 0.489 e. The quantitative estimate of drug-likeness (QED) is 0.491. The third kappa shape index (κ3) is 5.47. The van der Waals surface area contributed by atoms with E-state index in [0.717, 1.165) is 12.1 Å². The maximum atomic E-state index is 13.1. The maximum Gasteiger partial charge on any atom is 0.416 e. The van der Waals surface area contributed by atoms with Crippen LogP contribution in [-0.2, 0) is 22.3 Å². The summed E-state index contributed by atoms with van der Waals surface area (Å²) in [5.74, 6) is -2.36. The van der Waals surface area contributed by atoms with Crippen molar-refractivity contribution in [3.05, 3.63) is 64.1 Å². The van der Waals surface area contributed by atoms with Gasteiger partial charge in [0.15, 0.2) is 5.69 Å². The first-order valence-corrected chi connectivity index (χ1v) is 9.48. The average Bonchev–Trinajstić information content (AvgIpc) is 2.76. The van der Waals surface area contributed by atoms with Crippen LogP contribution in [0, 0.1) is 0 Å². The number of benzene rings is 2. The zero-order chi connectivity index (χ0) is 24.2. The molecule has 0 saturated heterocycles. The molecule has 1 heterocycles. The first-order chi connectivity index (χ1) is 15.6. The van der Waals surface area contributed by atoms with E-state index < -0.39 is 41.4 Å². The number of carbonyl (C=O) groups is 2. The second-order valence-corrected chi connectivity index (χ2v) is 6.76. The molecule has 12 heteroatoms. The molecule has 0 spiro atoms. The molecule has 0 radical (unpaired) electrons. The van der Waals surface area contributed by atoms with Gasteiger partial charge >= 0.3 is 12.1 Å². The van der Waals surface area contributed by atoms with Gasteiger partial charge in [-0.05, 0) is 24.3 Å². The number of anilines is 1. The molecule has 0 saturated carbocycles. The summed E-state index contributed by atoms with van der Waals surface area (Å²) < 4.78 is 50.2. The van der Waals surface area contributed by atoms with Gasteiger partial charge in [0.25, 0.3) is 5.56 Å². The molecule has 33 heavy (non-hydrogen) atoms. The van der Waals surface area contributed by atoms with E-state index in [4.69, 9.17) is 9.47 Å². The van der Waals surface area contributed by atoms with Crippen LogP contribution in [0.3, 0.4) is 0 Å². The number of nitrogens with zero attached hydrogens (tertiary/aromatic N) is 2. The number of alkyl halides is 3. The number of hydrogen-bond acceptors (Lipinski definition) is 6. The van der Waals surface area contributed by atoms with Crippen LogP contribution in [0.15, 0.2) is 47.3 Å². The van der Waals surface area contributed by atoms with Crippen molar-refractivity contribution in [2.24, 2.45) is 0 Å².